The van der Waals surface area contributed by atoms with E-state index in [4.69, 9.17) is 0 Å². The van der Waals surface area contributed by atoms with Gasteiger partial charge in [-0.15, -0.1) is 10.2 Å². The Balaban J connectivity index is 2.19. The zero-order valence-electron chi connectivity index (χ0n) is 9.58. The van der Waals surface area contributed by atoms with Gasteiger partial charge in [0.1, 0.15) is 15.7 Å². The number of nitrogens with zero attached hydrogens (tertiary/aromatic N) is 4. The molecule has 0 atom stereocenters. The van der Waals surface area contributed by atoms with Crippen LogP contribution < -0.4 is 5.32 Å². The molecule has 0 bridgehead atoms. The normalized spacial score (nSPS) is 11.9. The monoisotopic (exact) mass is 255 g/mol. The Morgan fingerprint density at radius 3 is 2.88 bits per heavy atom. The first-order valence-corrected chi connectivity index (χ1v) is 7.11. The van der Waals surface area contributed by atoms with E-state index in [2.05, 4.69) is 20.5 Å². The summed E-state index contributed by atoms with van der Waals surface area (Å²) in [5.74, 6) is 1.35. The van der Waals surface area contributed by atoms with Crippen LogP contribution in [0, 0.1) is 6.92 Å². The summed E-state index contributed by atoms with van der Waals surface area (Å²) in [4.78, 5) is 4.11. The lowest BCUT2D eigenvalue weighted by atomic mass is 10.5. The Morgan fingerprint density at radius 1 is 1.41 bits per heavy atom. The second-order valence-corrected chi connectivity index (χ2v) is 6.03. The topological polar surface area (TPSA) is 89.2 Å². The summed E-state index contributed by atoms with van der Waals surface area (Å²) in [5, 5.41) is 10.8. The van der Waals surface area contributed by atoms with E-state index < -0.39 is 9.84 Å². The molecule has 7 nitrogen and oxygen atoms in total. The number of aromatic nitrogens is 4. The number of anilines is 1. The summed E-state index contributed by atoms with van der Waals surface area (Å²) in [6, 6.07) is 0. The van der Waals surface area contributed by atoms with Crippen LogP contribution in [0.3, 0.4) is 0 Å². The predicted octanol–water partition coefficient (Wildman–Crippen LogP) is -0.111. The van der Waals surface area contributed by atoms with Gasteiger partial charge in [0.25, 0.3) is 0 Å². The molecule has 17 heavy (non-hydrogen) atoms. The molecule has 2 aromatic heterocycles. The molecule has 0 aliphatic carbocycles. The molecule has 0 aromatic carbocycles. The Labute approximate surface area is 98.8 Å². The molecular formula is C9H13N5O2S. The third kappa shape index (κ3) is 2.70. The number of rotatable bonds is 4. The maximum atomic E-state index is 11.0. The second-order valence-electron chi connectivity index (χ2n) is 3.77. The Kier molecular flexibility index (Phi) is 2.97. The molecule has 8 heteroatoms. The molecule has 0 aliphatic rings. The van der Waals surface area contributed by atoms with Crippen LogP contribution in [0.2, 0.25) is 0 Å². The summed E-state index contributed by atoms with van der Waals surface area (Å²) in [6.45, 7) is 2.14. The van der Waals surface area contributed by atoms with Crippen molar-refractivity contribution in [2.45, 2.75) is 6.92 Å². The highest BCUT2D eigenvalue weighted by molar-refractivity contribution is 7.90. The minimum Gasteiger partial charge on any atom is -0.366 e. The van der Waals surface area contributed by atoms with E-state index in [-0.39, 0.29) is 5.75 Å². The van der Waals surface area contributed by atoms with Crippen LogP contribution in [0.1, 0.15) is 5.82 Å². The average molecular weight is 255 g/mol. The molecule has 92 valence electrons. The van der Waals surface area contributed by atoms with Crippen LogP contribution in [-0.2, 0) is 9.84 Å². The fourth-order valence-corrected chi connectivity index (χ4v) is 1.89. The van der Waals surface area contributed by atoms with E-state index in [0.717, 1.165) is 5.82 Å². The van der Waals surface area contributed by atoms with Crippen LogP contribution in [0.5, 0.6) is 0 Å². The number of hydrogen-bond donors (Lipinski definition) is 1. The first-order chi connectivity index (χ1) is 7.97. The Morgan fingerprint density at radius 2 is 2.18 bits per heavy atom. The lowest BCUT2D eigenvalue weighted by molar-refractivity contribution is 0.602. The summed E-state index contributed by atoms with van der Waals surface area (Å²) in [5.41, 5.74) is 0.596. The van der Waals surface area contributed by atoms with Gasteiger partial charge in [-0.1, -0.05) is 0 Å². The molecule has 0 radical (unpaired) electrons. The quantitative estimate of drug-likeness (QED) is 0.820. The molecule has 0 saturated heterocycles. The predicted molar refractivity (Wildman–Crippen MR) is 63.7 cm³/mol. The van der Waals surface area contributed by atoms with Gasteiger partial charge in [-0.3, -0.25) is 4.40 Å². The molecule has 2 rings (SSSR count). The van der Waals surface area contributed by atoms with Crippen molar-refractivity contribution in [2.75, 3.05) is 23.9 Å². The molecule has 0 spiro atoms. The minimum absolute atomic E-state index is 0.0584. The highest BCUT2D eigenvalue weighted by atomic mass is 32.2. The molecule has 0 aliphatic heterocycles. The maximum Gasteiger partial charge on any atom is 0.203 e. The zero-order valence-corrected chi connectivity index (χ0v) is 10.4. The summed E-state index contributed by atoms with van der Waals surface area (Å²) >= 11 is 0. The Bertz CT molecular complexity index is 634. The van der Waals surface area contributed by atoms with Gasteiger partial charge >= 0.3 is 0 Å². The number of nitrogens with one attached hydrogen (secondary N) is 1. The van der Waals surface area contributed by atoms with Crippen molar-refractivity contribution in [3.8, 4) is 0 Å². The van der Waals surface area contributed by atoms with Crippen LogP contribution in [-0.4, -0.2) is 46.6 Å². The van der Waals surface area contributed by atoms with Gasteiger partial charge in [0.2, 0.25) is 5.65 Å². The van der Waals surface area contributed by atoms with E-state index in [9.17, 15) is 8.42 Å². The van der Waals surface area contributed by atoms with E-state index in [1.807, 2.05) is 6.92 Å². The maximum absolute atomic E-state index is 11.0. The van der Waals surface area contributed by atoms with Crippen LogP contribution in [0.25, 0.3) is 5.65 Å². The Hall–Kier alpha value is -1.70. The van der Waals surface area contributed by atoms with Crippen molar-refractivity contribution in [1.82, 2.24) is 19.6 Å². The molecular weight excluding hydrogens is 242 g/mol. The molecule has 0 amide bonds. The largest absolute Gasteiger partial charge is 0.366 e. The van der Waals surface area contributed by atoms with Crippen LogP contribution in [0.15, 0.2) is 12.4 Å². The summed E-state index contributed by atoms with van der Waals surface area (Å²) < 4.78 is 23.8. The first kappa shape index (κ1) is 11.8. The van der Waals surface area contributed by atoms with Crippen molar-refractivity contribution in [3.05, 3.63) is 18.2 Å². The van der Waals surface area contributed by atoms with E-state index in [1.54, 1.807) is 16.8 Å². The number of hydrogen-bond acceptors (Lipinski definition) is 6. The molecule has 2 heterocycles. The summed E-state index contributed by atoms with van der Waals surface area (Å²) in [6.07, 6.45) is 4.57. The van der Waals surface area contributed by atoms with Gasteiger partial charge in [0.15, 0.2) is 5.82 Å². The molecule has 0 fully saturated rings. The molecule has 2 aromatic rings. The fraction of sp³-hybridized carbons (Fsp3) is 0.444. The van der Waals surface area contributed by atoms with Crippen molar-refractivity contribution in [3.63, 3.8) is 0 Å². The van der Waals surface area contributed by atoms with Crippen LogP contribution >= 0.6 is 0 Å². The third-order valence-corrected chi connectivity index (χ3v) is 3.21. The zero-order chi connectivity index (χ0) is 12.5. The summed E-state index contributed by atoms with van der Waals surface area (Å²) in [7, 11) is -2.98. The SMILES string of the molecule is Cc1nnc2c(NCCS(C)(=O)=O)nccn12. The van der Waals surface area contributed by atoms with Crippen molar-refractivity contribution in [1.29, 1.82) is 0 Å². The number of aryl methyl sites for hydroxylation is 1. The van der Waals surface area contributed by atoms with Gasteiger partial charge < -0.3 is 5.32 Å². The van der Waals surface area contributed by atoms with Crippen molar-refractivity contribution >= 4 is 21.3 Å². The smallest absolute Gasteiger partial charge is 0.203 e. The van der Waals surface area contributed by atoms with Gasteiger partial charge in [-0.25, -0.2) is 13.4 Å². The number of fused-ring (bicyclic) bond motifs is 1. The van der Waals surface area contributed by atoms with Gasteiger partial charge in [0, 0.05) is 25.2 Å². The highest BCUT2D eigenvalue weighted by Crippen LogP contribution is 2.11. The van der Waals surface area contributed by atoms with Gasteiger partial charge in [0.05, 0.1) is 5.75 Å². The lowest BCUT2D eigenvalue weighted by Crippen LogP contribution is -2.15. The highest BCUT2D eigenvalue weighted by Gasteiger charge is 2.08. The molecule has 1 N–H and O–H groups in total. The van der Waals surface area contributed by atoms with Crippen molar-refractivity contribution < 1.29 is 8.42 Å². The number of sulfone groups is 1. The van der Waals surface area contributed by atoms with E-state index in [1.165, 1.54) is 6.26 Å². The fourth-order valence-electron chi connectivity index (χ4n) is 1.42. The molecule has 0 unspecified atom stereocenters. The molecule has 0 saturated carbocycles. The van der Waals surface area contributed by atoms with Gasteiger partial charge in [-0.2, -0.15) is 0 Å². The van der Waals surface area contributed by atoms with E-state index in [0.29, 0.717) is 18.0 Å². The first-order valence-electron chi connectivity index (χ1n) is 5.05. The van der Waals surface area contributed by atoms with Crippen LogP contribution in [0.4, 0.5) is 5.82 Å². The standard InChI is InChI=1S/C9H13N5O2S/c1-7-12-13-9-8(10-3-5-14(7)9)11-4-6-17(2,15)16/h3,5H,4,6H2,1-2H3,(H,10,11). The minimum atomic E-state index is -2.98. The lowest BCUT2D eigenvalue weighted by Gasteiger charge is -2.05. The average Bonchev–Trinajstić information content (AvgIpc) is 2.60. The third-order valence-electron chi connectivity index (χ3n) is 2.26. The van der Waals surface area contributed by atoms with Gasteiger partial charge in [-0.05, 0) is 6.92 Å². The second kappa shape index (κ2) is 4.28. The van der Waals surface area contributed by atoms with E-state index >= 15 is 0 Å². The van der Waals surface area contributed by atoms with Crippen molar-refractivity contribution in [2.24, 2.45) is 0 Å².